The number of rotatable bonds is 5. The fourth-order valence-corrected chi connectivity index (χ4v) is 2.99. The molecule has 104 valence electrons. The van der Waals surface area contributed by atoms with Crippen molar-refractivity contribution in [1.82, 2.24) is 4.57 Å². The van der Waals surface area contributed by atoms with Gasteiger partial charge in [0.05, 0.1) is 11.0 Å². The topological polar surface area (TPSA) is 14.2 Å². The summed E-state index contributed by atoms with van der Waals surface area (Å²) in [5, 5.41) is 2.62. The first-order valence-electron chi connectivity index (χ1n) is 7.46. The Labute approximate surface area is 120 Å². The van der Waals surface area contributed by atoms with Gasteiger partial charge in [0.25, 0.3) is 0 Å². The molecule has 2 heteroatoms. The van der Waals surface area contributed by atoms with Crippen molar-refractivity contribution >= 4 is 21.8 Å². The molecule has 2 nitrogen and oxygen atoms in total. The number of aromatic nitrogens is 1. The van der Waals surface area contributed by atoms with Gasteiger partial charge in [0.1, 0.15) is 6.23 Å². The molecule has 1 heterocycles. The molecule has 0 saturated carbocycles. The fourth-order valence-electron chi connectivity index (χ4n) is 2.99. The lowest BCUT2D eigenvalue weighted by molar-refractivity contribution is 0.00967. The molecule has 3 rings (SSSR count). The van der Waals surface area contributed by atoms with Gasteiger partial charge >= 0.3 is 0 Å². The molecule has 0 spiro atoms. The Hall–Kier alpha value is -1.80. The van der Waals surface area contributed by atoms with E-state index < -0.39 is 0 Å². The average molecular weight is 267 g/mol. The predicted octanol–water partition coefficient (Wildman–Crippen LogP) is 5.13. The standard InChI is InChI=1S/C18H21NO/c1-3-9-18(20-4-2)19-16-12-7-5-10-14(16)15-11-6-8-13-17(15)19/h5-8,10-13,18H,3-4,9H2,1-2H3/t18-/m0/s1. The molecule has 3 aromatic rings. The highest BCUT2D eigenvalue weighted by Crippen LogP contribution is 2.33. The molecule has 0 bridgehead atoms. The number of hydrogen-bond acceptors (Lipinski definition) is 1. The molecule has 0 fully saturated rings. The number of nitrogens with zero attached hydrogens (tertiary/aromatic N) is 1. The summed E-state index contributed by atoms with van der Waals surface area (Å²) in [7, 11) is 0. The van der Waals surface area contributed by atoms with Gasteiger partial charge in [-0.25, -0.2) is 0 Å². The van der Waals surface area contributed by atoms with Crippen LogP contribution in [-0.4, -0.2) is 11.2 Å². The second-order valence-corrected chi connectivity index (χ2v) is 5.10. The summed E-state index contributed by atoms with van der Waals surface area (Å²) in [6, 6.07) is 17.2. The van der Waals surface area contributed by atoms with Gasteiger partial charge in [-0.2, -0.15) is 0 Å². The molecule has 1 aromatic heterocycles. The first kappa shape index (κ1) is 13.2. The van der Waals surface area contributed by atoms with Crippen LogP contribution < -0.4 is 0 Å². The summed E-state index contributed by atoms with van der Waals surface area (Å²) < 4.78 is 8.36. The highest BCUT2D eigenvalue weighted by atomic mass is 16.5. The van der Waals surface area contributed by atoms with Crippen molar-refractivity contribution in [2.45, 2.75) is 32.9 Å². The van der Waals surface area contributed by atoms with Crippen molar-refractivity contribution in [3.05, 3.63) is 48.5 Å². The van der Waals surface area contributed by atoms with Crippen LogP contribution in [0.15, 0.2) is 48.5 Å². The van der Waals surface area contributed by atoms with Crippen LogP contribution in [0.2, 0.25) is 0 Å². The monoisotopic (exact) mass is 267 g/mol. The van der Waals surface area contributed by atoms with Gasteiger partial charge in [-0.3, -0.25) is 0 Å². The maximum absolute atomic E-state index is 6.01. The molecule has 0 amide bonds. The Kier molecular flexibility index (Phi) is 3.75. The third-order valence-corrected chi connectivity index (χ3v) is 3.80. The number of ether oxygens (including phenoxy) is 1. The second-order valence-electron chi connectivity index (χ2n) is 5.10. The number of para-hydroxylation sites is 2. The van der Waals surface area contributed by atoms with Crippen molar-refractivity contribution in [3.63, 3.8) is 0 Å². The van der Waals surface area contributed by atoms with Crippen LogP contribution in [0.1, 0.15) is 32.9 Å². The van der Waals surface area contributed by atoms with Crippen LogP contribution in [0.5, 0.6) is 0 Å². The number of hydrogen-bond donors (Lipinski definition) is 0. The zero-order chi connectivity index (χ0) is 13.9. The van der Waals surface area contributed by atoms with Gasteiger partial charge in [0.15, 0.2) is 0 Å². The minimum absolute atomic E-state index is 0.120. The molecule has 0 aliphatic rings. The molecule has 1 atom stereocenters. The van der Waals surface area contributed by atoms with E-state index in [9.17, 15) is 0 Å². The summed E-state index contributed by atoms with van der Waals surface area (Å²) in [5.41, 5.74) is 2.53. The van der Waals surface area contributed by atoms with E-state index in [0.717, 1.165) is 19.4 Å². The largest absolute Gasteiger partial charge is 0.358 e. The lowest BCUT2D eigenvalue weighted by Gasteiger charge is -2.20. The quantitative estimate of drug-likeness (QED) is 0.625. The molecular weight excluding hydrogens is 246 g/mol. The molecule has 0 aliphatic carbocycles. The molecule has 0 N–H and O–H groups in total. The summed E-state index contributed by atoms with van der Waals surface area (Å²) >= 11 is 0. The zero-order valence-corrected chi connectivity index (χ0v) is 12.2. The van der Waals surface area contributed by atoms with E-state index in [1.54, 1.807) is 0 Å². The van der Waals surface area contributed by atoms with Gasteiger partial charge < -0.3 is 9.30 Å². The minimum atomic E-state index is 0.120. The highest BCUT2D eigenvalue weighted by Gasteiger charge is 2.17. The molecular formula is C18H21NO. The molecule has 0 radical (unpaired) electrons. The van der Waals surface area contributed by atoms with Crippen molar-refractivity contribution in [1.29, 1.82) is 0 Å². The van der Waals surface area contributed by atoms with Crippen molar-refractivity contribution < 1.29 is 4.74 Å². The van der Waals surface area contributed by atoms with Gasteiger partial charge in [0.2, 0.25) is 0 Å². The lowest BCUT2D eigenvalue weighted by atomic mass is 10.2. The molecule has 0 unspecified atom stereocenters. The van der Waals surface area contributed by atoms with Gasteiger partial charge in [-0.15, -0.1) is 0 Å². The van der Waals surface area contributed by atoms with E-state index in [1.165, 1.54) is 21.8 Å². The van der Waals surface area contributed by atoms with E-state index in [2.05, 4.69) is 66.9 Å². The van der Waals surface area contributed by atoms with Crippen LogP contribution in [-0.2, 0) is 4.74 Å². The summed E-state index contributed by atoms with van der Waals surface area (Å²) in [6.45, 7) is 5.02. The van der Waals surface area contributed by atoms with Crippen LogP contribution in [0.3, 0.4) is 0 Å². The third kappa shape index (κ3) is 2.10. The molecule has 2 aromatic carbocycles. The maximum Gasteiger partial charge on any atom is 0.134 e. The van der Waals surface area contributed by atoms with Crippen LogP contribution >= 0.6 is 0 Å². The summed E-state index contributed by atoms with van der Waals surface area (Å²) in [4.78, 5) is 0. The third-order valence-electron chi connectivity index (χ3n) is 3.80. The Morgan fingerprint density at radius 1 is 0.900 bits per heavy atom. The van der Waals surface area contributed by atoms with E-state index in [1.807, 2.05) is 0 Å². The SMILES string of the molecule is CCC[C@H](OCC)n1c2ccccc2c2ccccc21. The van der Waals surface area contributed by atoms with E-state index >= 15 is 0 Å². The van der Waals surface area contributed by atoms with E-state index in [4.69, 9.17) is 4.74 Å². The summed E-state index contributed by atoms with van der Waals surface area (Å²) in [5.74, 6) is 0. The summed E-state index contributed by atoms with van der Waals surface area (Å²) in [6.07, 6.45) is 2.27. The van der Waals surface area contributed by atoms with E-state index in [0.29, 0.717) is 0 Å². The van der Waals surface area contributed by atoms with Crippen molar-refractivity contribution in [2.24, 2.45) is 0 Å². The van der Waals surface area contributed by atoms with Crippen LogP contribution in [0, 0.1) is 0 Å². The molecule has 0 aliphatic heterocycles. The van der Waals surface area contributed by atoms with Gasteiger partial charge in [-0.1, -0.05) is 49.7 Å². The fraction of sp³-hybridized carbons (Fsp3) is 0.333. The minimum Gasteiger partial charge on any atom is -0.358 e. The van der Waals surface area contributed by atoms with Crippen LogP contribution in [0.4, 0.5) is 0 Å². The van der Waals surface area contributed by atoms with Crippen molar-refractivity contribution in [3.8, 4) is 0 Å². The first-order valence-corrected chi connectivity index (χ1v) is 7.46. The highest BCUT2D eigenvalue weighted by molar-refractivity contribution is 6.08. The van der Waals surface area contributed by atoms with Crippen molar-refractivity contribution in [2.75, 3.05) is 6.61 Å². The Bertz CT molecular complexity index is 654. The maximum atomic E-state index is 6.01. The predicted molar refractivity (Wildman–Crippen MR) is 85.0 cm³/mol. The Morgan fingerprint density at radius 2 is 1.45 bits per heavy atom. The Balaban J connectivity index is 2.29. The van der Waals surface area contributed by atoms with Gasteiger partial charge in [0, 0.05) is 17.4 Å². The Morgan fingerprint density at radius 3 is 1.95 bits per heavy atom. The second kappa shape index (κ2) is 5.68. The first-order chi connectivity index (χ1) is 9.86. The number of benzene rings is 2. The lowest BCUT2D eigenvalue weighted by Crippen LogP contribution is -2.12. The molecule has 0 saturated heterocycles. The number of fused-ring (bicyclic) bond motifs is 3. The van der Waals surface area contributed by atoms with E-state index in [-0.39, 0.29) is 6.23 Å². The zero-order valence-electron chi connectivity index (χ0n) is 12.2. The molecule has 20 heavy (non-hydrogen) atoms. The van der Waals surface area contributed by atoms with Gasteiger partial charge in [-0.05, 0) is 25.5 Å². The average Bonchev–Trinajstić information content (AvgIpc) is 2.82. The normalized spacial score (nSPS) is 13.1. The van der Waals surface area contributed by atoms with Crippen LogP contribution in [0.25, 0.3) is 21.8 Å². The smallest absolute Gasteiger partial charge is 0.134 e.